The first-order valence-corrected chi connectivity index (χ1v) is 6.64. The lowest BCUT2D eigenvalue weighted by atomic mass is 10.2. The van der Waals surface area contributed by atoms with Crippen LogP contribution >= 0.6 is 11.9 Å². The van der Waals surface area contributed by atoms with Crippen LogP contribution in [0.3, 0.4) is 0 Å². The van der Waals surface area contributed by atoms with Gasteiger partial charge in [-0.05, 0) is 24.4 Å². The molecule has 5 nitrogen and oxygen atoms in total. The van der Waals surface area contributed by atoms with Gasteiger partial charge in [0.15, 0.2) is 5.69 Å². The van der Waals surface area contributed by atoms with E-state index in [9.17, 15) is 0 Å². The Morgan fingerprint density at radius 3 is 2.89 bits per heavy atom. The molecule has 0 aliphatic rings. The summed E-state index contributed by atoms with van der Waals surface area (Å²) in [5, 5.41) is 8.96. The molecule has 1 aromatic rings. The number of rotatable bonds is 9. The minimum atomic E-state index is 0.622. The molecule has 6 heteroatoms. The maximum absolute atomic E-state index is 8.96. The van der Waals surface area contributed by atoms with Crippen LogP contribution in [0.1, 0.15) is 5.56 Å². The molecule has 0 aliphatic carbocycles. The molecular formula is C12H21N2O3S+. The van der Waals surface area contributed by atoms with Crippen LogP contribution in [-0.4, -0.2) is 38.7 Å². The van der Waals surface area contributed by atoms with Crippen LogP contribution in [0.4, 0.5) is 5.69 Å². The van der Waals surface area contributed by atoms with Crippen molar-refractivity contribution in [2.75, 3.05) is 33.5 Å². The summed E-state index contributed by atoms with van der Waals surface area (Å²) >= 11 is 1.55. The van der Waals surface area contributed by atoms with E-state index in [-0.39, 0.29) is 0 Å². The number of aryl methyl sites for hydroxylation is 1. The standard InChI is InChI=1S/C12H20N2O3S/c1-10-3-4-11(14-15)9-12(10)18-13-5-6-17-8-7-16-2/h3-4,9,13-15H,5-8H2,1-2H3/p+1. The third kappa shape index (κ3) is 5.81. The van der Waals surface area contributed by atoms with Gasteiger partial charge in [0, 0.05) is 30.7 Å². The van der Waals surface area contributed by atoms with Gasteiger partial charge in [0.1, 0.15) is 0 Å². The van der Waals surface area contributed by atoms with Crippen molar-refractivity contribution in [1.29, 1.82) is 0 Å². The Labute approximate surface area is 112 Å². The fourth-order valence-corrected chi connectivity index (χ4v) is 2.06. The number of ether oxygens (including phenoxy) is 2. The summed E-state index contributed by atoms with van der Waals surface area (Å²) in [6.45, 7) is 4.71. The normalized spacial score (nSPS) is 10.8. The van der Waals surface area contributed by atoms with Crippen LogP contribution in [-0.2, 0) is 9.47 Å². The van der Waals surface area contributed by atoms with Gasteiger partial charge in [-0.15, -0.1) is 0 Å². The number of hydrogen-bond donors (Lipinski definition) is 3. The van der Waals surface area contributed by atoms with E-state index in [1.54, 1.807) is 19.1 Å². The Hall–Kier alpha value is -0.630. The Morgan fingerprint density at radius 2 is 2.17 bits per heavy atom. The average Bonchev–Trinajstić information content (AvgIpc) is 2.39. The van der Waals surface area contributed by atoms with E-state index >= 15 is 0 Å². The Kier molecular flexibility index (Phi) is 7.99. The molecule has 4 N–H and O–H groups in total. The number of methoxy groups -OCH3 is 1. The molecular weight excluding hydrogens is 252 g/mol. The van der Waals surface area contributed by atoms with Gasteiger partial charge in [-0.3, -0.25) is 4.72 Å². The molecule has 0 bridgehead atoms. The maximum Gasteiger partial charge on any atom is 0.162 e. The molecule has 0 atom stereocenters. The highest BCUT2D eigenvalue weighted by Crippen LogP contribution is 2.21. The fourth-order valence-electron chi connectivity index (χ4n) is 1.29. The molecule has 18 heavy (non-hydrogen) atoms. The Morgan fingerprint density at radius 1 is 1.33 bits per heavy atom. The number of quaternary nitrogens is 1. The summed E-state index contributed by atoms with van der Waals surface area (Å²) in [6.07, 6.45) is 0. The summed E-state index contributed by atoms with van der Waals surface area (Å²) in [5.41, 5.74) is 3.09. The summed E-state index contributed by atoms with van der Waals surface area (Å²) in [5.74, 6) is 0. The van der Waals surface area contributed by atoms with E-state index in [1.807, 2.05) is 25.1 Å². The first-order chi connectivity index (χ1) is 8.77. The van der Waals surface area contributed by atoms with Gasteiger partial charge in [-0.1, -0.05) is 6.07 Å². The van der Waals surface area contributed by atoms with Gasteiger partial charge in [-0.2, -0.15) is 5.48 Å². The topological polar surface area (TPSA) is 67.3 Å². The number of nitrogens with one attached hydrogen (secondary N) is 1. The molecule has 0 fully saturated rings. The zero-order valence-corrected chi connectivity index (χ0v) is 11.6. The SMILES string of the molecule is COCCOCCNSc1cc([NH2+]O)ccc1C. The molecule has 0 aliphatic heterocycles. The predicted octanol–water partition coefficient (Wildman–Crippen LogP) is 0.839. The van der Waals surface area contributed by atoms with Crippen molar-refractivity contribution in [1.82, 2.24) is 4.72 Å². The van der Waals surface area contributed by atoms with Gasteiger partial charge in [0.05, 0.1) is 19.8 Å². The van der Waals surface area contributed by atoms with Crippen molar-refractivity contribution in [2.45, 2.75) is 11.8 Å². The first kappa shape index (κ1) is 15.4. The van der Waals surface area contributed by atoms with Crippen LogP contribution in [0.2, 0.25) is 0 Å². The molecule has 0 spiro atoms. The van der Waals surface area contributed by atoms with Gasteiger partial charge in [0.25, 0.3) is 0 Å². The van der Waals surface area contributed by atoms with E-state index in [4.69, 9.17) is 14.7 Å². The van der Waals surface area contributed by atoms with E-state index in [1.165, 1.54) is 5.56 Å². The van der Waals surface area contributed by atoms with Crippen LogP contribution in [0.25, 0.3) is 0 Å². The lowest BCUT2D eigenvalue weighted by molar-refractivity contribution is -0.825. The van der Waals surface area contributed by atoms with Gasteiger partial charge >= 0.3 is 0 Å². The van der Waals surface area contributed by atoms with Gasteiger partial charge in [0.2, 0.25) is 0 Å². The smallest absolute Gasteiger partial charge is 0.162 e. The van der Waals surface area contributed by atoms with E-state index in [0.717, 1.165) is 22.6 Å². The maximum atomic E-state index is 8.96. The highest BCUT2D eigenvalue weighted by Gasteiger charge is 2.03. The van der Waals surface area contributed by atoms with Crippen LogP contribution < -0.4 is 10.2 Å². The second-order valence-electron chi connectivity index (χ2n) is 3.76. The Balaban J connectivity index is 2.22. The van der Waals surface area contributed by atoms with Crippen LogP contribution in [0, 0.1) is 6.92 Å². The van der Waals surface area contributed by atoms with Crippen molar-refractivity contribution < 1.29 is 20.2 Å². The van der Waals surface area contributed by atoms with Crippen molar-refractivity contribution in [3.63, 3.8) is 0 Å². The molecule has 0 amide bonds. The highest BCUT2D eigenvalue weighted by atomic mass is 32.2. The molecule has 0 unspecified atom stereocenters. The minimum Gasteiger partial charge on any atom is -0.382 e. The van der Waals surface area contributed by atoms with Crippen LogP contribution in [0.15, 0.2) is 23.1 Å². The molecule has 0 heterocycles. The van der Waals surface area contributed by atoms with Crippen molar-refractivity contribution >= 4 is 17.6 Å². The summed E-state index contributed by atoms with van der Waals surface area (Å²) in [6, 6.07) is 5.81. The molecule has 0 saturated heterocycles. The quantitative estimate of drug-likeness (QED) is 0.269. The summed E-state index contributed by atoms with van der Waals surface area (Å²) in [4.78, 5) is 1.11. The molecule has 1 rings (SSSR count). The summed E-state index contributed by atoms with van der Waals surface area (Å²) < 4.78 is 13.4. The highest BCUT2D eigenvalue weighted by molar-refractivity contribution is 7.97. The lowest BCUT2D eigenvalue weighted by Gasteiger charge is -2.07. The third-order valence-corrected chi connectivity index (χ3v) is 3.33. The van der Waals surface area contributed by atoms with Gasteiger partial charge < -0.3 is 9.47 Å². The number of nitrogens with two attached hydrogens (primary N) is 1. The number of benzene rings is 1. The molecule has 0 saturated carbocycles. The number of hydrogen-bond acceptors (Lipinski definition) is 5. The Bertz CT molecular complexity index is 350. The molecule has 102 valence electrons. The monoisotopic (exact) mass is 273 g/mol. The average molecular weight is 273 g/mol. The lowest BCUT2D eigenvalue weighted by Crippen LogP contribution is -2.73. The predicted molar refractivity (Wildman–Crippen MR) is 71.1 cm³/mol. The van der Waals surface area contributed by atoms with Crippen molar-refractivity contribution in [3.8, 4) is 0 Å². The van der Waals surface area contributed by atoms with Crippen molar-refractivity contribution in [2.24, 2.45) is 0 Å². The third-order valence-electron chi connectivity index (χ3n) is 2.32. The largest absolute Gasteiger partial charge is 0.382 e. The van der Waals surface area contributed by atoms with E-state index in [2.05, 4.69) is 4.72 Å². The zero-order valence-electron chi connectivity index (χ0n) is 10.8. The van der Waals surface area contributed by atoms with E-state index < -0.39 is 0 Å². The minimum absolute atomic E-state index is 0.622. The second kappa shape index (κ2) is 9.32. The van der Waals surface area contributed by atoms with E-state index in [0.29, 0.717) is 19.8 Å². The molecule has 0 aromatic heterocycles. The molecule has 0 radical (unpaired) electrons. The zero-order chi connectivity index (χ0) is 13.2. The first-order valence-electron chi connectivity index (χ1n) is 5.82. The molecule has 1 aromatic carbocycles. The summed E-state index contributed by atoms with van der Waals surface area (Å²) in [7, 11) is 1.66. The van der Waals surface area contributed by atoms with Gasteiger partial charge in [-0.25, -0.2) is 5.21 Å². The van der Waals surface area contributed by atoms with Crippen molar-refractivity contribution in [3.05, 3.63) is 23.8 Å². The van der Waals surface area contributed by atoms with Crippen LogP contribution in [0.5, 0.6) is 0 Å². The second-order valence-corrected chi connectivity index (χ2v) is 4.69. The fraction of sp³-hybridized carbons (Fsp3) is 0.500.